The molecule has 0 spiro atoms. The smallest absolute Gasteiger partial charge is 0.252 e. The molecule has 0 bridgehead atoms. The normalized spacial score (nSPS) is 10.4. The van der Waals surface area contributed by atoms with Crippen LogP contribution in [0.15, 0.2) is 48.5 Å². The van der Waals surface area contributed by atoms with E-state index in [1.165, 1.54) is 6.07 Å². The highest BCUT2D eigenvalue weighted by molar-refractivity contribution is 14.1. The molecule has 0 heterocycles. The van der Waals surface area contributed by atoms with Gasteiger partial charge in [-0.05, 0) is 46.4 Å². The molecule has 0 unspecified atom stereocenters. The van der Waals surface area contributed by atoms with Gasteiger partial charge in [-0.2, -0.15) is 11.8 Å². The zero-order valence-electron chi connectivity index (χ0n) is 11.3. The van der Waals surface area contributed by atoms with Crippen LogP contribution < -0.4 is 5.32 Å². The average Bonchev–Trinajstić information content (AvgIpc) is 2.49. The van der Waals surface area contributed by atoms with Crippen LogP contribution in [0.1, 0.15) is 15.9 Å². The van der Waals surface area contributed by atoms with Crippen molar-refractivity contribution in [2.45, 2.75) is 5.75 Å². The van der Waals surface area contributed by atoms with Crippen molar-refractivity contribution in [1.82, 2.24) is 5.32 Å². The van der Waals surface area contributed by atoms with Crippen LogP contribution in [0.5, 0.6) is 0 Å². The highest BCUT2D eigenvalue weighted by atomic mass is 127. The molecule has 0 atom stereocenters. The zero-order chi connectivity index (χ0) is 15.1. The highest BCUT2D eigenvalue weighted by Crippen LogP contribution is 2.15. The molecule has 0 aliphatic rings. The van der Waals surface area contributed by atoms with Gasteiger partial charge in [0.25, 0.3) is 5.91 Å². The van der Waals surface area contributed by atoms with Gasteiger partial charge in [0.15, 0.2) is 0 Å². The molecular weight excluding hydrogens is 400 g/mol. The van der Waals surface area contributed by atoms with Crippen molar-refractivity contribution in [1.29, 1.82) is 0 Å². The van der Waals surface area contributed by atoms with Crippen molar-refractivity contribution in [2.24, 2.45) is 0 Å². The van der Waals surface area contributed by atoms with Crippen LogP contribution in [-0.2, 0) is 5.75 Å². The number of hydrogen-bond acceptors (Lipinski definition) is 2. The second-order valence-electron chi connectivity index (χ2n) is 4.38. The maximum atomic E-state index is 13.4. The molecule has 2 nitrogen and oxygen atoms in total. The van der Waals surface area contributed by atoms with E-state index in [0.29, 0.717) is 23.4 Å². The molecule has 1 amide bonds. The van der Waals surface area contributed by atoms with Crippen LogP contribution in [0.3, 0.4) is 0 Å². The number of benzene rings is 2. The summed E-state index contributed by atoms with van der Waals surface area (Å²) in [6, 6.07) is 14.2. The number of carbonyl (C=O) groups is 1. The SMILES string of the molecule is O=C(NCCSCc1ccccc1F)c1ccccc1I. The van der Waals surface area contributed by atoms with Gasteiger partial charge in [-0.3, -0.25) is 4.79 Å². The van der Waals surface area contributed by atoms with Gasteiger partial charge < -0.3 is 5.32 Å². The maximum Gasteiger partial charge on any atom is 0.252 e. The Morgan fingerprint density at radius 1 is 1.14 bits per heavy atom. The summed E-state index contributed by atoms with van der Waals surface area (Å²) in [5, 5.41) is 2.88. The number of rotatable bonds is 6. The number of carbonyl (C=O) groups excluding carboxylic acids is 1. The van der Waals surface area contributed by atoms with E-state index in [0.717, 1.165) is 9.32 Å². The lowest BCUT2D eigenvalue weighted by Crippen LogP contribution is -2.26. The summed E-state index contributed by atoms with van der Waals surface area (Å²) in [4.78, 5) is 12.0. The molecule has 0 aliphatic heterocycles. The zero-order valence-corrected chi connectivity index (χ0v) is 14.3. The Bertz CT molecular complexity index is 621. The monoisotopic (exact) mass is 415 g/mol. The lowest BCUT2D eigenvalue weighted by atomic mass is 10.2. The van der Waals surface area contributed by atoms with Crippen molar-refractivity contribution in [3.05, 3.63) is 69.0 Å². The summed E-state index contributed by atoms with van der Waals surface area (Å²) in [5.74, 6) is 1.13. The van der Waals surface area contributed by atoms with Gasteiger partial charge in [-0.25, -0.2) is 4.39 Å². The summed E-state index contributed by atoms with van der Waals surface area (Å²) in [5.41, 5.74) is 1.39. The van der Waals surface area contributed by atoms with Crippen LogP contribution >= 0.6 is 34.4 Å². The van der Waals surface area contributed by atoms with Crippen LogP contribution in [0.25, 0.3) is 0 Å². The predicted molar refractivity (Wildman–Crippen MR) is 94.1 cm³/mol. The summed E-state index contributed by atoms with van der Waals surface area (Å²) in [6.07, 6.45) is 0. The summed E-state index contributed by atoms with van der Waals surface area (Å²) >= 11 is 3.75. The van der Waals surface area contributed by atoms with E-state index in [4.69, 9.17) is 0 Å². The Morgan fingerprint density at radius 3 is 2.62 bits per heavy atom. The van der Waals surface area contributed by atoms with Gasteiger partial charge in [-0.1, -0.05) is 30.3 Å². The van der Waals surface area contributed by atoms with E-state index in [1.54, 1.807) is 23.9 Å². The topological polar surface area (TPSA) is 29.1 Å². The third-order valence-corrected chi connectivity index (χ3v) is 4.81. The third-order valence-electron chi connectivity index (χ3n) is 2.87. The molecule has 2 rings (SSSR count). The minimum atomic E-state index is -0.173. The van der Waals surface area contributed by atoms with Crippen molar-refractivity contribution >= 4 is 40.3 Å². The summed E-state index contributed by atoms with van der Waals surface area (Å²) in [7, 11) is 0. The first-order valence-electron chi connectivity index (χ1n) is 6.52. The molecule has 2 aromatic carbocycles. The van der Waals surface area contributed by atoms with E-state index >= 15 is 0 Å². The molecule has 2 aromatic rings. The number of amides is 1. The lowest BCUT2D eigenvalue weighted by Gasteiger charge is -2.07. The Labute approximate surface area is 141 Å². The van der Waals surface area contributed by atoms with Crippen molar-refractivity contribution in [2.75, 3.05) is 12.3 Å². The van der Waals surface area contributed by atoms with Gasteiger partial charge in [0.05, 0.1) is 5.56 Å². The fourth-order valence-corrected chi connectivity index (χ4v) is 3.25. The Morgan fingerprint density at radius 2 is 1.86 bits per heavy atom. The average molecular weight is 415 g/mol. The van der Waals surface area contributed by atoms with E-state index in [9.17, 15) is 9.18 Å². The Hall–Kier alpha value is -1.08. The molecular formula is C16H15FINOS. The number of halogens is 2. The van der Waals surface area contributed by atoms with Crippen molar-refractivity contribution in [3.8, 4) is 0 Å². The minimum Gasteiger partial charge on any atom is -0.351 e. The van der Waals surface area contributed by atoms with E-state index in [2.05, 4.69) is 27.9 Å². The maximum absolute atomic E-state index is 13.4. The molecule has 0 saturated carbocycles. The Balaban J connectivity index is 1.72. The van der Waals surface area contributed by atoms with Crippen molar-refractivity contribution < 1.29 is 9.18 Å². The van der Waals surface area contributed by atoms with Crippen LogP contribution in [-0.4, -0.2) is 18.2 Å². The number of hydrogen-bond donors (Lipinski definition) is 1. The molecule has 0 fully saturated rings. The first kappa shape index (κ1) is 16.3. The molecule has 110 valence electrons. The minimum absolute atomic E-state index is 0.0634. The Kier molecular flexibility index (Phi) is 6.50. The van der Waals surface area contributed by atoms with Gasteiger partial charge in [0.1, 0.15) is 5.82 Å². The molecule has 0 radical (unpaired) electrons. The standard InChI is InChI=1S/C16H15FINOS/c17-14-7-3-1-5-12(14)11-21-10-9-19-16(20)13-6-2-4-8-15(13)18/h1-8H,9-11H2,(H,19,20). The van der Waals surface area contributed by atoms with Gasteiger partial charge >= 0.3 is 0 Å². The van der Waals surface area contributed by atoms with Gasteiger partial charge in [-0.15, -0.1) is 0 Å². The third kappa shape index (κ3) is 5.00. The fourth-order valence-electron chi connectivity index (χ4n) is 1.77. The molecule has 5 heteroatoms. The van der Waals surface area contributed by atoms with E-state index < -0.39 is 0 Å². The number of nitrogens with one attached hydrogen (secondary N) is 1. The van der Waals surface area contributed by atoms with Gasteiger partial charge in [0.2, 0.25) is 0 Å². The quantitative estimate of drug-likeness (QED) is 0.569. The summed E-state index contributed by atoms with van der Waals surface area (Å²) in [6.45, 7) is 0.572. The molecule has 1 N–H and O–H groups in total. The first-order chi connectivity index (χ1) is 10.2. The van der Waals surface area contributed by atoms with Crippen molar-refractivity contribution in [3.63, 3.8) is 0 Å². The molecule has 0 saturated heterocycles. The molecule has 0 aliphatic carbocycles. The first-order valence-corrected chi connectivity index (χ1v) is 8.75. The fraction of sp³-hybridized carbons (Fsp3) is 0.188. The largest absolute Gasteiger partial charge is 0.351 e. The lowest BCUT2D eigenvalue weighted by molar-refractivity contribution is 0.0955. The summed E-state index contributed by atoms with van der Waals surface area (Å²) < 4.78 is 14.3. The van der Waals surface area contributed by atoms with E-state index in [-0.39, 0.29) is 11.7 Å². The number of thioether (sulfide) groups is 1. The van der Waals surface area contributed by atoms with Crippen LogP contribution in [0.4, 0.5) is 4.39 Å². The highest BCUT2D eigenvalue weighted by Gasteiger charge is 2.08. The van der Waals surface area contributed by atoms with Gasteiger partial charge in [0, 0.05) is 21.6 Å². The second-order valence-corrected chi connectivity index (χ2v) is 6.65. The predicted octanol–water partition coefficient (Wildman–Crippen LogP) is 4.09. The second kappa shape index (κ2) is 8.38. The molecule has 0 aromatic heterocycles. The van der Waals surface area contributed by atoms with Crippen LogP contribution in [0, 0.1) is 9.39 Å². The van der Waals surface area contributed by atoms with Crippen LogP contribution in [0.2, 0.25) is 0 Å². The molecule has 21 heavy (non-hydrogen) atoms. The van der Waals surface area contributed by atoms with E-state index in [1.807, 2.05) is 30.3 Å².